The first-order chi connectivity index (χ1) is 13.0. The molecule has 4 aliphatic rings. The summed E-state index contributed by atoms with van der Waals surface area (Å²) in [5.74, 6) is -0.428. The molecule has 2 atom stereocenters. The van der Waals surface area contributed by atoms with Gasteiger partial charge in [-0.1, -0.05) is 32.2 Å². The lowest BCUT2D eigenvalue weighted by molar-refractivity contribution is -0.433. The second-order valence-corrected chi connectivity index (χ2v) is 11.2. The molecule has 162 valence electrons. The fourth-order valence-electron chi connectivity index (χ4n) is 7.20. The van der Waals surface area contributed by atoms with E-state index in [1.165, 1.54) is 25.7 Å². The van der Waals surface area contributed by atoms with Crippen molar-refractivity contribution in [2.24, 2.45) is 28.1 Å². The lowest BCUT2D eigenvalue weighted by Crippen LogP contribution is -2.55. The van der Waals surface area contributed by atoms with Crippen molar-refractivity contribution >= 4 is 18.0 Å². The van der Waals surface area contributed by atoms with Gasteiger partial charge < -0.3 is 4.74 Å². The summed E-state index contributed by atoms with van der Waals surface area (Å²) in [5, 5.41) is 7.26. The monoisotopic (exact) mass is 422 g/mol. The molecule has 0 spiro atoms. The second kappa shape index (κ2) is 8.00. The van der Waals surface area contributed by atoms with Crippen molar-refractivity contribution in [2.45, 2.75) is 83.8 Å². The highest BCUT2D eigenvalue weighted by Gasteiger charge is 2.59. The van der Waals surface area contributed by atoms with Gasteiger partial charge in [0.2, 0.25) is 0 Å². The van der Waals surface area contributed by atoms with Crippen LogP contribution in [0.1, 0.15) is 78.6 Å². The number of carbonyl (C=O) groups excluding carboxylic acids is 1. The van der Waals surface area contributed by atoms with Gasteiger partial charge in [0, 0.05) is 5.41 Å². The fraction of sp³-hybridized carbons (Fsp3) is 0.950. The molecule has 0 amide bonds. The zero-order chi connectivity index (χ0) is 20.6. The smallest absolute Gasteiger partial charge is 0.415 e. The summed E-state index contributed by atoms with van der Waals surface area (Å²) in [6.07, 6.45) is 10.0. The van der Waals surface area contributed by atoms with Crippen molar-refractivity contribution in [1.82, 2.24) is 0 Å². The zero-order valence-corrected chi connectivity index (χ0v) is 17.8. The van der Waals surface area contributed by atoms with Gasteiger partial charge in [0.1, 0.15) is 12.0 Å². The molecular formula is C20H32F2O5S. The minimum atomic E-state index is -3.92. The van der Waals surface area contributed by atoms with Gasteiger partial charge in [-0.15, -0.1) is 4.33 Å². The van der Waals surface area contributed by atoms with Crippen molar-refractivity contribution in [3.05, 3.63) is 0 Å². The van der Waals surface area contributed by atoms with Gasteiger partial charge in [0.25, 0.3) is 0 Å². The molecule has 0 aliphatic heterocycles. The normalized spacial score (nSPS) is 34.6. The highest BCUT2D eigenvalue weighted by atomic mass is 32.2. The summed E-state index contributed by atoms with van der Waals surface area (Å²) < 4.78 is 36.3. The summed E-state index contributed by atoms with van der Waals surface area (Å²) in [4.78, 5) is 11.8. The molecule has 2 unspecified atom stereocenters. The third-order valence-corrected chi connectivity index (χ3v) is 7.50. The molecule has 0 aromatic carbocycles. The van der Waals surface area contributed by atoms with Gasteiger partial charge in [0.15, 0.2) is 0 Å². The van der Waals surface area contributed by atoms with Crippen LogP contribution in [0.3, 0.4) is 0 Å². The Morgan fingerprint density at radius 2 is 1.79 bits per heavy atom. The standard InChI is InChI=1S/C20H32F2O5S/c1-4-5-17(2,3)11-18-7-14-6-15(8-18)10-19(9-14,12-18)13-25-16(23)20(21,22)28-27-26-24/h14-15,24H,4-13H2,1-3H3. The topological polar surface area (TPSA) is 65.0 Å². The Hall–Kier alpha value is -0.440. The number of rotatable bonds is 10. The molecule has 4 bridgehead atoms. The molecule has 8 heteroatoms. The van der Waals surface area contributed by atoms with Crippen LogP contribution in [0.15, 0.2) is 0 Å². The van der Waals surface area contributed by atoms with Crippen LogP contribution in [0.25, 0.3) is 0 Å². The maximum absolute atomic E-state index is 13.7. The number of hydrogen-bond acceptors (Lipinski definition) is 6. The Labute approximate surface area is 169 Å². The quantitative estimate of drug-likeness (QED) is 0.202. The average Bonchev–Trinajstić information content (AvgIpc) is 2.55. The van der Waals surface area contributed by atoms with E-state index in [-0.39, 0.29) is 22.9 Å². The van der Waals surface area contributed by atoms with Crippen LogP contribution in [-0.2, 0) is 18.9 Å². The van der Waals surface area contributed by atoms with Crippen LogP contribution in [0.4, 0.5) is 8.78 Å². The van der Waals surface area contributed by atoms with E-state index >= 15 is 0 Å². The number of hydrogen-bond donors (Lipinski definition) is 1. The van der Waals surface area contributed by atoms with Crippen LogP contribution in [0.2, 0.25) is 0 Å². The first kappa shape index (κ1) is 22.2. The number of ether oxygens (including phenoxy) is 1. The molecule has 1 N–H and O–H groups in total. The van der Waals surface area contributed by atoms with E-state index in [1.54, 1.807) is 0 Å². The molecule has 0 saturated heterocycles. The van der Waals surface area contributed by atoms with Gasteiger partial charge in [-0.05, 0) is 74.0 Å². The van der Waals surface area contributed by atoms with E-state index in [4.69, 9.17) is 9.99 Å². The van der Waals surface area contributed by atoms with Gasteiger partial charge in [-0.3, -0.25) is 0 Å². The van der Waals surface area contributed by atoms with Crippen LogP contribution in [0.5, 0.6) is 0 Å². The summed E-state index contributed by atoms with van der Waals surface area (Å²) in [5.41, 5.74) is 0.334. The van der Waals surface area contributed by atoms with E-state index in [0.717, 1.165) is 32.1 Å². The van der Waals surface area contributed by atoms with Gasteiger partial charge in [-0.2, -0.15) is 8.78 Å². The van der Waals surface area contributed by atoms with Gasteiger partial charge in [-0.25, -0.2) is 10.1 Å². The first-order valence-corrected chi connectivity index (χ1v) is 11.0. The highest BCUT2D eigenvalue weighted by Crippen LogP contribution is 2.68. The molecule has 4 fully saturated rings. The van der Waals surface area contributed by atoms with E-state index in [9.17, 15) is 13.6 Å². The Balaban J connectivity index is 1.68. The Morgan fingerprint density at radius 1 is 1.18 bits per heavy atom. The predicted molar refractivity (Wildman–Crippen MR) is 101 cm³/mol. The Morgan fingerprint density at radius 3 is 2.36 bits per heavy atom. The molecule has 5 nitrogen and oxygen atoms in total. The van der Waals surface area contributed by atoms with E-state index < -0.39 is 23.3 Å². The minimum Gasteiger partial charge on any atom is -0.460 e. The van der Waals surface area contributed by atoms with Crippen molar-refractivity contribution in [2.75, 3.05) is 6.61 Å². The van der Waals surface area contributed by atoms with Crippen LogP contribution in [-0.4, -0.2) is 23.1 Å². The van der Waals surface area contributed by atoms with E-state index in [1.807, 2.05) is 0 Å². The molecule has 4 rings (SSSR count). The minimum absolute atomic E-state index is 0.0327. The highest BCUT2D eigenvalue weighted by molar-refractivity contribution is 7.96. The number of esters is 1. The number of alkyl halides is 2. The average molecular weight is 423 g/mol. The van der Waals surface area contributed by atoms with Crippen LogP contribution < -0.4 is 0 Å². The summed E-state index contributed by atoms with van der Waals surface area (Å²) in [7, 11) is 0. The molecule has 0 aromatic heterocycles. The predicted octanol–water partition coefficient (Wildman–Crippen LogP) is 5.99. The lowest BCUT2D eigenvalue weighted by Gasteiger charge is -2.63. The Kier molecular flexibility index (Phi) is 6.36. The molecule has 0 radical (unpaired) electrons. The SMILES string of the molecule is CCCC(C)(C)CC12CC3CC(CC(COC(=O)C(F)(F)SOOO)(C3)C1)C2. The van der Waals surface area contributed by atoms with E-state index in [0.29, 0.717) is 11.8 Å². The van der Waals surface area contributed by atoms with E-state index in [2.05, 4.69) is 30.1 Å². The number of carbonyl (C=O) groups is 1. The van der Waals surface area contributed by atoms with Gasteiger partial charge in [0.05, 0.1) is 6.61 Å². The number of halogens is 2. The molecule has 4 saturated carbocycles. The maximum atomic E-state index is 13.7. The summed E-state index contributed by atoms with van der Waals surface area (Å²) in [6, 6.07) is 0. The maximum Gasteiger partial charge on any atom is 0.415 e. The van der Waals surface area contributed by atoms with Crippen molar-refractivity contribution in [1.29, 1.82) is 0 Å². The zero-order valence-electron chi connectivity index (χ0n) is 17.0. The Bertz CT molecular complexity index is 569. The van der Waals surface area contributed by atoms with Crippen LogP contribution >= 0.6 is 12.0 Å². The van der Waals surface area contributed by atoms with Crippen LogP contribution in [0, 0.1) is 28.1 Å². The van der Waals surface area contributed by atoms with Crippen molar-refractivity contribution in [3.8, 4) is 0 Å². The molecule has 4 aliphatic carbocycles. The third-order valence-electron chi connectivity index (χ3n) is 7.00. The third kappa shape index (κ3) is 4.82. The van der Waals surface area contributed by atoms with Crippen molar-refractivity contribution in [3.63, 3.8) is 0 Å². The van der Waals surface area contributed by atoms with Gasteiger partial charge >= 0.3 is 11.2 Å². The molecule has 0 aromatic rings. The fourth-order valence-corrected chi connectivity index (χ4v) is 7.44. The second-order valence-electron chi connectivity index (χ2n) is 10.4. The lowest BCUT2D eigenvalue weighted by atomic mass is 9.42. The molecule has 28 heavy (non-hydrogen) atoms. The summed E-state index contributed by atoms with van der Waals surface area (Å²) >= 11 is -0.564. The summed E-state index contributed by atoms with van der Waals surface area (Å²) in [6.45, 7) is 6.92. The first-order valence-electron chi connectivity index (χ1n) is 10.2. The molecular weight excluding hydrogens is 390 g/mol. The largest absolute Gasteiger partial charge is 0.460 e. The van der Waals surface area contributed by atoms with Crippen molar-refractivity contribution < 1.29 is 32.9 Å². The molecule has 0 heterocycles.